The number of likely N-dealkylation sites (N-methyl/N-ethyl adjacent to an activating group) is 1. The molecule has 0 saturated carbocycles. The standard InChI is InChI=1S/C12H16BrN3S/c1-3-14-10(11-7-16(2)8-15-11)6-12-9(13)4-5-17-12/h4-5,7-8,10,14H,3,6H2,1-2H3. The highest BCUT2D eigenvalue weighted by atomic mass is 79.9. The van der Waals surface area contributed by atoms with Gasteiger partial charge in [0.25, 0.3) is 0 Å². The van der Waals surface area contributed by atoms with Crippen LogP contribution in [0.4, 0.5) is 0 Å². The van der Waals surface area contributed by atoms with Gasteiger partial charge in [0.15, 0.2) is 0 Å². The van der Waals surface area contributed by atoms with Crippen molar-refractivity contribution in [1.82, 2.24) is 14.9 Å². The molecule has 0 bridgehead atoms. The van der Waals surface area contributed by atoms with Gasteiger partial charge in [0.2, 0.25) is 0 Å². The Labute approximate surface area is 114 Å². The Morgan fingerprint density at radius 2 is 2.41 bits per heavy atom. The zero-order valence-electron chi connectivity index (χ0n) is 9.98. The normalized spacial score (nSPS) is 12.9. The van der Waals surface area contributed by atoms with Gasteiger partial charge in [-0.05, 0) is 33.9 Å². The van der Waals surface area contributed by atoms with Crippen LogP contribution in [0.25, 0.3) is 0 Å². The number of hydrogen-bond acceptors (Lipinski definition) is 3. The molecule has 1 unspecified atom stereocenters. The van der Waals surface area contributed by atoms with Gasteiger partial charge in [-0.1, -0.05) is 6.92 Å². The minimum absolute atomic E-state index is 0.288. The molecule has 0 aliphatic rings. The van der Waals surface area contributed by atoms with Crippen molar-refractivity contribution in [2.45, 2.75) is 19.4 Å². The van der Waals surface area contributed by atoms with Crippen LogP contribution >= 0.6 is 27.3 Å². The molecule has 0 amide bonds. The van der Waals surface area contributed by atoms with Crippen LogP contribution in [-0.2, 0) is 13.5 Å². The fourth-order valence-corrected chi connectivity index (χ4v) is 3.36. The molecule has 2 heterocycles. The highest BCUT2D eigenvalue weighted by molar-refractivity contribution is 9.10. The average molecular weight is 314 g/mol. The van der Waals surface area contributed by atoms with Crippen LogP contribution in [0.2, 0.25) is 0 Å². The number of halogens is 1. The Morgan fingerprint density at radius 3 is 2.94 bits per heavy atom. The Bertz CT molecular complexity index is 478. The summed E-state index contributed by atoms with van der Waals surface area (Å²) in [5.41, 5.74) is 1.11. The van der Waals surface area contributed by atoms with E-state index in [4.69, 9.17) is 0 Å². The molecule has 1 N–H and O–H groups in total. The second kappa shape index (κ2) is 5.80. The lowest BCUT2D eigenvalue weighted by Crippen LogP contribution is -2.23. The van der Waals surface area contributed by atoms with Gasteiger partial charge in [0.05, 0.1) is 18.1 Å². The van der Waals surface area contributed by atoms with Crippen LogP contribution in [0, 0.1) is 0 Å². The Morgan fingerprint density at radius 1 is 1.59 bits per heavy atom. The van der Waals surface area contributed by atoms with Gasteiger partial charge in [0.1, 0.15) is 0 Å². The summed E-state index contributed by atoms with van der Waals surface area (Å²) in [6.07, 6.45) is 4.90. The molecule has 5 heteroatoms. The first-order valence-electron chi connectivity index (χ1n) is 5.63. The van der Waals surface area contributed by atoms with E-state index in [-0.39, 0.29) is 6.04 Å². The van der Waals surface area contributed by atoms with Gasteiger partial charge < -0.3 is 9.88 Å². The van der Waals surface area contributed by atoms with Crippen molar-refractivity contribution in [3.8, 4) is 0 Å². The SMILES string of the molecule is CCNC(Cc1sccc1Br)c1cn(C)cn1. The third-order valence-electron chi connectivity index (χ3n) is 2.61. The van der Waals surface area contributed by atoms with Gasteiger partial charge in [-0.3, -0.25) is 0 Å². The lowest BCUT2D eigenvalue weighted by atomic mass is 10.1. The van der Waals surface area contributed by atoms with Crippen molar-refractivity contribution < 1.29 is 0 Å². The lowest BCUT2D eigenvalue weighted by Gasteiger charge is -2.15. The largest absolute Gasteiger partial charge is 0.340 e. The second-order valence-corrected chi connectivity index (χ2v) is 5.83. The van der Waals surface area contributed by atoms with Crippen LogP contribution in [0.3, 0.4) is 0 Å². The van der Waals surface area contributed by atoms with E-state index in [2.05, 4.69) is 50.8 Å². The zero-order valence-corrected chi connectivity index (χ0v) is 12.4. The van der Waals surface area contributed by atoms with Gasteiger partial charge in [-0.15, -0.1) is 11.3 Å². The molecule has 2 aromatic rings. The average Bonchev–Trinajstić information content (AvgIpc) is 2.88. The summed E-state index contributed by atoms with van der Waals surface area (Å²) in [5.74, 6) is 0. The molecule has 3 nitrogen and oxygen atoms in total. The number of rotatable bonds is 5. The fraction of sp³-hybridized carbons (Fsp3) is 0.417. The first kappa shape index (κ1) is 12.8. The molecule has 0 aliphatic carbocycles. The quantitative estimate of drug-likeness (QED) is 0.919. The molecule has 17 heavy (non-hydrogen) atoms. The van der Waals surface area contributed by atoms with E-state index in [0.717, 1.165) is 18.7 Å². The maximum absolute atomic E-state index is 4.43. The van der Waals surface area contributed by atoms with E-state index < -0.39 is 0 Å². The molecular weight excluding hydrogens is 298 g/mol. The molecule has 0 saturated heterocycles. The number of aryl methyl sites for hydroxylation is 1. The number of nitrogens with one attached hydrogen (secondary N) is 1. The number of imidazole rings is 1. The van der Waals surface area contributed by atoms with Crippen molar-refractivity contribution >= 4 is 27.3 Å². The summed E-state index contributed by atoms with van der Waals surface area (Å²) in [6.45, 7) is 3.07. The summed E-state index contributed by atoms with van der Waals surface area (Å²) in [7, 11) is 2.00. The number of aromatic nitrogens is 2. The first-order valence-corrected chi connectivity index (χ1v) is 7.31. The number of thiophene rings is 1. The smallest absolute Gasteiger partial charge is 0.0947 e. The van der Waals surface area contributed by atoms with Crippen LogP contribution in [0.5, 0.6) is 0 Å². The molecule has 0 fully saturated rings. The zero-order chi connectivity index (χ0) is 12.3. The summed E-state index contributed by atoms with van der Waals surface area (Å²) in [6, 6.07) is 2.39. The second-order valence-electron chi connectivity index (χ2n) is 3.97. The molecule has 2 aromatic heterocycles. The number of hydrogen-bond donors (Lipinski definition) is 1. The van der Waals surface area contributed by atoms with Gasteiger partial charge in [-0.2, -0.15) is 0 Å². The highest BCUT2D eigenvalue weighted by Crippen LogP contribution is 2.27. The molecule has 0 spiro atoms. The highest BCUT2D eigenvalue weighted by Gasteiger charge is 2.15. The van der Waals surface area contributed by atoms with Crippen LogP contribution in [-0.4, -0.2) is 16.1 Å². The molecular formula is C12H16BrN3S. The van der Waals surface area contributed by atoms with Crippen LogP contribution in [0.1, 0.15) is 23.5 Å². The molecule has 0 aromatic carbocycles. The number of nitrogens with zero attached hydrogens (tertiary/aromatic N) is 2. The van der Waals surface area contributed by atoms with Gasteiger partial charge >= 0.3 is 0 Å². The molecule has 92 valence electrons. The minimum Gasteiger partial charge on any atom is -0.340 e. The van der Waals surface area contributed by atoms with Crippen molar-refractivity contribution in [1.29, 1.82) is 0 Å². The molecule has 2 rings (SSSR count). The molecule has 1 atom stereocenters. The lowest BCUT2D eigenvalue weighted by molar-refractivity contribution is 0.541. The summed E-state index contributed by atoms with van der Waals surface area (Å²) in [5, 5.41) is 5.60. The van der Waals surface area contributed by atoms with Crippen molar-refractivity contribution in [3.63, 3.8) is 0 Å². The fourth-order valence-electron chi connectivity index (χ4n) is 1.80. The Balaban J connectivity index is 2.15. The van der Waals surface area contributed by atoms with E-state index >= 15 is 0 Å². The van der Waals surface area contributed by atoms with Crippen molar-refractivity contribution in [2.75, 3.05) is 6.54 Å². The third-order valence-corrected chi connectivity index (χ3v) is 4.56. The summed E-state index contributed by atoms with van der Waals surface area (Å²) in [4.78, 5) is 5.80. The Hall–Kier alpha value is -0.650. The van der Waals surface area contributed by atoms with E-state index in [1.807, 2.05) is 17.9 Å². The van der Waals surface area contributed by atoms with E-state index in [9.17, 15) is 0 Å². The summed E-state index contributed by atoms with van der Waals surface area (Å²) < 4.78 is 3.18. The monoisotopic (exact) mass is 313 g/mol. The predicted molar refractivity (Wildman–Crippen MR) is 75.3 cm³/mol. The Kier molecular flexibility index (Phi) is 4.36. The van der Waals surface area contributed by atoms with Crippen LogP contribution in [0.15, 0.2) is 28.4 Å². The first-order chi connectivity index (χ1) is 8.20. The molecule has 0 radical (unpaired) electrons. The maximum atomic E-state index is 4.43. The van der Waals surface area contributed by atoms with Crippen molar-refractivity contribution in [3.05, 3.63) is 39.0 Å². The van der Waals surface area contributed by atoms with Gasteiger partial charge in [0, 0.05) is 29.0 Å². The van der Waals surface area contributed by atoms with E-state index in [1.165, 1.54) is 9.35 Å². The molecule has 0 aliphatic heterocycles. The van der Waals surface area contributed by atoms with E-state index in [1.54, 1.807) is 11.3 Å². The van der Waals surface area contributed by atoms with Crippen molar-refractivity contribution in [2.24, 2.45) is 7.05 Å². The summed E-state index contributed by atoms with van der Waals surface area (Å²) >= 11 is 5.36. The third kappa shape index (κ3) is 3.18. The van der Waals surface area contributed by atoms with Gasteiger partial charge in [-0.25, -0.2) is 4.98 Å². The van der Waals surface area contributed by atoms with E-state index in [0.29, 0.717) is 0 Å². The maximum Gasteiger partial charge on any atom is 0.0947 e. The predicted octanol–water partition coefficient (Wildman–Crippen LogP) is 3.14. The topological polar surface area (TPSA) is 29.9 Å². The van der Waals surface area contributed by atoms with Crippen LogP contribution < -0.4 is 5.32 Å². The minimum atomic E-state index is 0.288.